The average molecular weight is 294 g/mol. The number of hydrogen-bond acceptors (Lipinski definition) is 2. The maximum Gasteiger partial charge on any atom is 0.0103 e. The fourth-order valence-corrected chi connectivity index (χ4v) is 4.59. The van der Waals surface area contributed by atoms with Crippen LogP contribution in [0.25, 0.3) is 0 Å². The van der Waals surface area contributed by atoms with E-state index in [4.69, 9.17) is 0 Å². The third-order valence-electron chi connectivity index (χ3n) is 5.22. The predicted molar refractivity (Wildman–Crippen MR) is 90.4 cm³/mol. The third kappa shape index (κ3) is 4.08. The van der Waals surface area contributed by atoms with Gasteiger partial charge in [-0.2, -0.15) is 11.3 Å². The van der Waals surface area contributed by atoms with Gasteiger partial charge in [0.05, 0.1) is 0 Å². The minimum atomic E-state index is 0.439. The van der Waals surface area contributed by atoms with E-state index in [0.717, 1.165) is 24.4 Å². The van der Waals surface area contributed by atoms with Crippen molar-refractivity contribution in [2.45, 2.75) is 65.8 Å². The molecule has 1 nitrogen and oxygen atoms in total. The second kappa shape index (κ2) is 7.09. The molecule has 2 heteroatoms. The molecule has 0 amide bonds. The highest BCUT2D eigenvalue weighted by Gasteiger charge is 2.38. The van der Waals surface area contributed by atoms with Crippen molar-refractivity contribution in [3.63, 3.8) is 0 Å². The molecule has 0 aliphatic heterocycles. The largest absolute Gasteiger partial charge is 0.314 e. The van der Waals surface area contributed by atoms with Gasteiger partial charge in [-0.15, -0.1) is 0 Å². The maximum absolute atomic E-state index is 3.77. The standard InChI is InChI=1S/C18H31NS/c1-5-19-17-12-14(2)6-7-16(17)18(3,4)10-8-15-9-11-20-13-15/h9,11,13-14,16-17,19H,5-8,10,12H2,1-4H3. The molecule has 2 rings (SSSR count). The number of hydrogen-bond donors (Lipinski definition) is 1. The molecule has 20 heavy (non-hydrogen) atoms. The molecule has 3 unspecified atom stereocenters. The van der Waals surface area contributed by atoms with E-state index in [1.165, 1.54) is 37.7 Å². The SMILES string of the molecule is CCNC1CC(C)CCC1C(C)(C)CCc1ccsc1. The molecule has 1 aromatic rings. The van der Waals surface area contributed by atoms with Crippen LogP contribution in [-0.2, 0) is 6.42 Å². The Balaban J connectivity index is 1.98. The fraction of sp³-hybridized carbons (Fsp3) is 0.778. The lowest BCUT2D eigenvalue weighted by Crippen LogP contribution is -2.46. The van der Waals surface area contributed by atoms with Crippen LogP contribution in [0.15, 0.2) is 16.8 Å². The van der Waals surface area contributed by atoms with E-state index < -0.39 is 0 Å². The number of rotatable bonds is 6. The molecular formula is C18H31NS. The Labute approximate surface area is 129 Å². The summed E-state index contributed by atoms with van der Waals surface area (Å²) in [5, 5.41) is 8.27. The van der Waals surface area contributed by atoms with Gasteiger partial charge in [-0.3, -0.25) is 0 Å². The monoisotopic (exact) mass is 293 g/mol. The second-order valence-electron chi connectivity index (χ2n) is 7.31. The molecule has 1 heterocycles. The van der Waals surface area contributed by atoms with Gasteiger partial charge in [-0.25, -0.2) is 0 Å². The van der Waals surface area contributed by atoms with Crippen LogP contribution in [0.2, 0.25) is 0 Å². The minimum Gasteiger partial charge on any atom is -0.314 e. The van der Waals surface area contributed by atoms with Crippen LogP contribution >= 0.6 is 11.3 Å². The second-order valence-corrected chi connectivity index (χ2v) is 8.09. The van der Waals surface area contributed by atoms with Crippen molar-refractivity contribution in [2.24, 2.45) is 17.3 Å². The van der Waals surface area contributed by atoms with E-state index >= 15 is 0 Å². The van der Waals surface area contributed by atoms with Crippen LogP contribution in [0.4, 0.5) is 0 Å². The van der Waals surface area contributed by atoms with E-state index in [2.05, 4.69) is 49.8 Å². The van der Waals surface area contributed by atoms with E-state index in [9.17, 15) is 0 Å². The summed E-state index contributed by atoms with van der Waals surface area (Å²) in [6.45, 7) is 10.7. The molecule has 1 aliphatic carbocycles. The topological polar surface area (TPSA) is 12.0 Å². The number of aryl methyl sites for hydroxylation is 1. The van der Waals surface area contributed by atoms with Crippen LogP contribution in [0.5, 0.6) is 0 Å². The lowest BCUT2D eigenvalue weighted by atomic mass is 9.64. The first-order chi connectivity index (χ1) is 9.53. The zero-order chi connectivity index (χ0) is 14.6. The van der Waals surface area contributed by atoms with Crippen LogP contribution in [-0.4, -0.2) is 12.6 Å². The lowest BCUT2D eigenvalue weighted by molar-refractivity contribution is 0.0878. The van der Waals surface area contributed by atoms with Gasteiger partial charge in [0.2, 0.25) is 0 Å². The summed E-state index contributed by atoms with van der Waals surface area (Å²) in [4.78, 5) is 0. The van der Waals surface area contributed by atoms with Gasteiger partial charge in [0.1, 0.15) is 0 Å². The molecular weight excluding hydrogens is 262 g/mol. The molecule has 0 bridgehead atoms. The number of nitrogens with one attached hydrogen (secondary N) is 1. The van der Waals surface area contributed by atoms with Gasteiger partial charge in [-0.1, -0.05) is 34.1 Å². The van der Waals surface area contributed by atoms with E-state index in [1.54, 1.807) is 0 Å². The first-order valence-corrected chi connectivity index (χ1v) is 9.21. The van der Waals surface area contributed by atoms with Crippen LogP contribution in [0, 0.1) is 17.3 Å². The normalized spacial score (nSPS) is 27.7. The quantitative estimate of drug-likeness (QED) is 0.767. The summed E-state index contributed by atoms with van der Waals surface area (Å²) >= 11 is 1.82. The fourth-order valence-electron chi connectivity index (χ4n) is 3.89. The Morgan fingerprint density at radius 2 is 2.15 bits per heavy atom. The van der Waals surface area contributed by atoms with Gasteiger partial charge < -0.3 is 5.32 Å². The molecule has 0 spiro atoms. The van der Waals surface area contributed by atoms with Gasteiger partial charge in [0, 0.05) is 6.04 Å². The van der Waals surface area contributed by atoms with Crippen molar-refractivity contribution < 1.29 is 0 Å². The van der Waals surface area contributed by atoms with Gasteiger partial charge in [0.15, 0.2) is 0 Å². The lowest BCUT2D eigenvalue weighted by Gasteiger charge is -2.45. The molecule has 0 aromatic carbocycles. The van der Waals surface area contributed by atoms with E-state index in [0.29, 0.717) is 5.41 Å². The zero-order valence-electron chi connectivity index (χ0n) is 13.6. The van der Waals surface area contributed by atoms with Crippen molar-refractivity contribution in [1.82, 2.24) is 5.32 Å². The summed E-state index contributed by atoms with van der Waals surface area (Å²) in [5.41, 5.74) is 1.96. The molecule has 1 N–H and O–H groups in total. The third-order valence-corrected chi connectivity index (χ3v) is 5.95. The molecule has 3 atom stereocenters. The summed E-state index contributed by atoms with van der Waals surface area (Å²) < 4.78 is 0. The molecule has 1 fully saturated rings. The zero-order valence-corrected chi connectivity index (χ0v) is 14.4. The minimum absolute atomic E-state index is 0.439. The first kappa shape index (κ1) is 16.0. The summed E-state index contributed by atoms with van der Waals surface area (Å²) in [5.74, 6) is 1.72. The summed E-state index contributed by atoms with van der Waals surface area (Å²) in [6, 6.07) is 3.01. The van der Waals surface area contributed by atoms with Crippen molar-refractivity contribution in [1.29, 1.82) is 0 Å². The van der Waals surface area contributed by atoms with Crippen molar-refractivity contribution in [2.75, 3.05) is 6.54 Å². The Hall–Kier alpha value is -0.340. The van der Waals surface area contributed by atoms with Crippen LogP contribution < -0.4 is 5.32 Å². The molecule has 0 radical (unpaired) electrons. The highest BCUT2D eigenvalue weighted by Crippen LogP contribution is 2.43. The highest BCUT2D eigenvalue weighted by atomic mass is 32.1. The van der Waals surface area contributed by atoms with Gasteiger partial charge in [0.25, 0.3) is 0 Å². The molecule has 0 saturated heterocycles. The summed E-state index contributed by atoms with van der Waals surface area (Å²) in [7, 11) is 0. The van der Waals surface area contributed by atoms with Gasteiger partial charge >= 0.3 is 0 Å². The van der Waals surface area contributed by atoms with Crippen LogP contribution in [0.1, 0.15) is 58.9 Å². The van der Waals surface area contributed by atoms with Gasteiger partial charge in [-0.05, 0) is 71.9 Å². The van der Waals surface area contributed by atoms with Crippen molar-refractivity contribution in [3.8, 4) is 0 Å². The molecule has 1 saturated carbocycles. The molecule has 114 valence electrons. The first-order valence-electron chi connectivity index (χ1n) is 8.27. The molecule has 1 aromatic heterocycles. The Kier molecular flexibility index (Phi) is 5.68. The average Bonchev–Trinajstić information content (AvgIpc) is 2.90. The van der Waals surface area contributed by atoms with Crippen LogP contribution in [0.3, 0.4) is 0 Å². The predicted octanol–water partition coefficient (Wildman–Crippen LogP) is 5.12. The molecule has 1 aliphatic rings. The Morgan fingerprint density at radius 1 is 1.35 bits per heavy atom. The maximum atomic E-state index is 3.77. The number of thiophene rings is 1. The summed E-state index contributed by atoms with van der Waals surface area (Å²) in [6.07, 6.45) is 6.72. The van der Waals surface area contributed by atoms with E-state index in [-0.39, 0.29) is 0 Å². The Bertz CT molecular complexity index is 382. The smallest absolute Gasteiger partial charge is 0.0103 e. The Morgan fingerprint density at radius 3 is 2.80 bits per heavy atom. The van der Waals surface area contributed by atoms with E-state index in [1.807, 2.05) is 11.3 Å². The van der Waals surface area contributed by atoms with Crippen molar-refractivity contribution >= 4 is 11.3 Å². The van der Waals surface area contributed by atoms with Crippen molar-refractivity contribution in [3.05, 3.63) is 22.4 Å². The highest BCUT2D eigenvalue weighted by molar-refractivity contribution is 7.07.